The Hall–Kier alpha value is -4.27. The fourth-order valence-corrected chi connectivity index (χ4v) is 4.60. The molecule has 0 aromatic heterocycles. The Kier molecular flexibility index (Phi) is 5.94. The van der Waals surface area contributed by atoms with Gasteiger partial charge in [-0.25, -0.2) is 22.0 Å². The van der Waals surface area contributed by atoms with Gasteiger partial charge in [0, 0.05) is 27.3 Å². The minimum atomic E-state index is -1.96. The largest absolute Gasteiger partial charge is 0.497 e. The summed E-state index contributed by atoms with van der Waals surface area (Å²) in [4.78, 5) is 0. The number of halogens is 7. The molecule has 5 aromatic rings. The van der Waals surface area contributed by atoms with Crippen LogP contribution in [0.1, 0.15) is 0 Å². The fourth-order valence-electron chi connectivity index (χ4n) is 4.60. The SMILES string of the molecule is COc1ccc(-c2c3cccc(F)c3c(-c3c(F)c(F)c(OC)c(F)c3F)c3c(F)ccc(F)c23)cc1. The first-order chi connectivity index (χ1) is 17.7. The van der Waals surface area contributed by atoms with Crippen LogP contribution in [0.3, 0.4) is 0 Å². The van der Waals surface area contributed by atoms with Gasteiger partial charge in [-0.05, 0) is 41.3 Å². The van der Waals surface area contributed by atoms with Crippen molar-refractivity contribution in [2.75, 3.05) is 14.2 Å². The van der Waals surface area contributed by atoms with Gasteiger partial charge in [0.05, 0.1) is 19.8 Å². The average molecular weight is 516 g/mol. The van der Waals surface area contributed by atoms with E-state index in [-0.39, 0.29) is 10.9 Å². The summed E-state index contributed by atoms with van der Waals surface area (Å²) in [7, 11) is 2.22. The van der Waals surface area contributed by atoms with Crippen molar-refractivity contribution in [1.82, 2.24) is 0 Å². The van der Waals surface area contributed by atoms with Crippen LogP contribution in [-0.4, -0.2) is 14.2 Å². The van der Waals surface area contributed by atoms with Gasteiger partial charge in [-0.15, -0.1) is 0 Å². The minimum absolute atomic E-state index is 0.00294. The molecule has 5 rings (SSSR count). The Bertz CT molecular complexity index is 1680. The third kappa shape index (κ3) is 3.56. The highest BCUT2D eigenvalue weighted by Gasteiger charge is 2.32. The van der Waals surface area contributed by atoms with E-state index in [1.807, 2.05) is 0 Å². The van der Waals surface area contributed by atoms with Gasteiger partial charge in [0.15, 0.2) is 17.4 Å². The summed E-state index contributed by atoms with van der Waals surface area (Å²) in [5, 5.41) is -1.86. The summed E-state index contributed by atoms with van der Waals surface area (Å²) in [5.74, 6) is -11.9. The first-order valence-corrected chi connectivity index (χ1v) is 10.8. The quantitative estimate of drug-likeness (QED) is 0.136. The number of fused-ring (bicyclic) bond motifs is 2. The maximum absolute atomic E-state index is 15.4. The van der Waals surface area contributed by atoms with Gasteiger partial charge in [0.2, 0.25) is 11.6 Å². The number of ether oxygens (including phenoxy) is 2. The summed E-state index contributed by atoms with van der Waals surface area (Å²) >= 11 is 0. The van der Waals surface area contributed by atoms with Crippen LogP contribution in [0.15, 0.2) is 54.6 Å². The van der Waals surface area contributed by atoms with E-state index in [1.165, 1.54) is 43.5 Å². The maximum atomic E-state index is 15.4. The van der Waals surface area contributed by atoms with E-state index < -0.39 is 73.8 Å². The van der Waals surface area contributed by atoms with Crippen molar-refractivity contribution in [3.05, 3.63) is 95.3 Å². The second kappa shape index (κ2) is 8.99. The molecular formula is C28H15F7O2. The molecule has 0 atom stereocenters. The molecule has 188 valence electrons. The van der Waals surface area contributed by atoms with Gasteiger partial charge in [0.25, 0.3) is 0 Å². The second-order valence-electron chi connectivity index (χ2n) is 8.08. The van der Waals surface area contributed by atoms with Gasteiger partial charge in [-0.2, -0.15) is 8.78 Å². The molecule has 0 saturated heterocycles. The molecule has 5 aromatic carbocycles. The normalized spacial score (nSPS) is 11.4. The molecule has 0 radical (unpaired) electrons. The summed E-state index contributed by atoms with van der Waals surface area (Å²) < 4.78 is 116. The Balaban J connectivity index is 2.09. The molecule has 0 N–H and O–H groups in total. The molecule has 0 heterocycles. The van der Waals surface area contributed by atoms with Gasteiger partial charge in [-0.3, -0.25) is 0 Å². The van der Waals surface area contributed by atoms with Crippen molar-refractivity contribution in [3.8, 4) is 33.8 Å². The first kappa shape index (κ1) is 24.4. The number of methoxy groups -OCH3 is 2. The predicted molar refractivity (Wildman–Crippen MR) is 125 cm³/mol. The molecule has 0 amide bonds. The summed E-state index contributed by atoms with van der Waals surface area (Å²) in [6.45, 7) is 0. The molecule has 0 unspecified atom stereocenters. The van der Waals surface area contributed by atoms with Crippen molar-refractivity contribution in [1.29, 1.82) is 0 Å². The lowest BCUT2D eigenvalue weighted by molar-refractivity contribution is 0.334. The standard InChI is InChI=1S/C28H15F7O2/c1-36-13-8-6-12(7-9-13)18-14-4-3-5-15(29)19(14)22(21-17(31)11-10-16(30)20(18)21)23-24(32)26(34)28(37-2)27(35)25(23)33/h3-11H,1-2H3. The molecule has 0 aliphatic rings. The zero-order valence-corrected chi connectivity index (χ0v) is 19.2. The number of hydrogen-bond donors (Lipinski definition) is 0. The van der Waals surface area contributed by atoms with Crippen LogP contribution >= 0.6 is 0 Å². The van der Waals surface area contributed by atoms with E-state index in [4.69, 9.17) is 4.74 Å². The molecule has 2 nitrogen and oxygen atoms in total. The molecule has 9 heteroatoms. The zero-order valence-electron chi connectivity index (χ0n) is 19.2. The second-order valence-corrected chi connectivity index (χ2v) is 8.08. The monoisotopic (exact) mass is 516 g/mol. The zero-order chi connectivity index (χ0) is 26.6. The van der Waals surface area contributed by atoms with Crippen molar-refractivity contribution >= 4 is 21.5 Å². The van der Waals surface area contributed by atoms with Crippen LogP contribution in [-0.2, 0) is 0 Å². The summed E-state index contributed by atoms with van der Waals surface area (Å²) in [5.41, 5.74) is -1.98. The van der Waals surface area contributed by atoms with Crippen LogP contribution in [0, 0.1) is 40.7 Å². The first-order valence-electron chi connectivity index (χ1n) is 10.8. The predicted octanol–water partition coefficient (Wildman–Crippen LogP) is 8.32. The average Bonchev–Trinajstić information content (AvgIpc) is 2.90. The van der Waals surface area contributed by atoms with Gasteiger partial charge in [0.1, 0.15) is 23.2 Å². The van der Waals surface area contributed by atoms with Crippen LogP contribution in [0.2, 0.25) is 0 Å². The highest BCUT2D eigenvalue weighted by molar-refractivity contribution is 6.22. The van der Waals surface area contributed by atoms with E-state index in [0.29, 0.717) is 17.4 Å². The molecule has 0 aliphatic heterocycles. The lowest BCUT2D eigenvalue weighted by atomic mass is 9.84. The summed E-state index contributed by atoms with van der Waals surface area (Å²) in [6.07, 6.45) is 0. The topological polar surface area (TPSA) is 18.5 Å². The Morgan fingerprint density at radius 1 is 0.486 bits per heavy atom. The van der Waals surface area contributed by atoms with E-state index in [9.17, 15) is 8.78 Å². The summed E-state index contributed by atoms with van der Waals surface area (Å²) in [6, 6.07) is 11.1. The van der Waals surface area contributed by atoms with E-state index in [1.54, 1.807) is 0 Å². The lowest BCUT2D eigenvalue weighted by Crippen LogP contribution is -2.06. The highest BCUT2D eigenvalue weighted by atomic mass is 19.2. The smallest absolute Gasteiger partial charge is 0.204 e. The van der Waals surface area contributed by atoms with Crippen LogP contribution in [0.4, 0.5) is 30.7 Å². The van der Waals surface area contributed by atoms with Crippen molar-refractivity contribution in [2.45, 2.75) is 0 Å². The van der Waals surface area contributed by atoms with E-state index in [2.05, 4.69) is 4.74 Å². The minimum Gasteiger partial charge on any atom is -0.497 e. The fraction of sp³-hybridized carbons (Fsp3) is 0.0714. The molecule has 0 fully saturated rings. The molecule has 37 heavy (non-hydrogen) atoms. The van der Waals surface area contributed by atoms with Gasteiger partial charge < -0.3 is 9.47 Å². The molecule has 0 saturated carbocycles. The lowest BCUT2D eigenvalue weighted by Gasteiger charge is -2.20. The highest BCUT2D eigenvalue weighted by Crippen LogP contribution is 2.48. The van der Waals surface area contributed by atoms with Crippen LogP contribution in [0.5, 0.6) is 11.5 Å². The van der Waals surface area contributed by atoms with Gasteiger partial charge >= 0.3 is 0 Å². The van der Waals surface area contributed by atoms with E-state index >= 15 is 22.0 Å². The van der Waals surface area contributed by atoms with Crippen molar-refractivity contribution < 1.29 is 40.2 Å². The number of hydrogen-bond acceptors (Lipinski definition) is 2. The Labute approximate surface area is 205 Å². The third-order valence-corrected chi connectivity index (χ3v) is 6.19. The van der Waals surface area contributed by atoms with E-state index in [0.717, 1.165) is 19.2 Å². The van der Waals surface area contributed by atoms with Crippen LogP contribution in [0.25, 0.3) is 43.8 Å². The van der Waals surface area contributed by atoms with Crippen molar-refractivity contribution in [2.24, 2.45) is 0 Å². The third-order valence-electron chi connectivity index (χ3n) is 6.19. The maximum Gasteiger partial charge on any atom is 0.204 e. The number of benzene rings is 5. The van der Waals surface area contributed by atoms with Gasteiger partial charge in [-0.1, -0.05) is 24.3 Å². The molecule has 0 aliphatic carbocycles. The number of rotatable bonds is 4. The molecular weight excluding hydrogens is 501 g/mol. The Morgan fingerprint density at radius 2 is 1.03 bits per heavy atom. The van der Waals surface area contributed by atoms with Crippen LogP contribution < -0.4 is 9.47 Å². The molecule has 0 spiro atoms. The Morgan fingerprint density at radius 3 is 1.57 bits per heavy atom. The molecule has 0 bridgehead atoms. The van der Waals surface area contributed by atoms with Crippen molar-refractivity contribution in [3.63, 3.8) is 0 Å².